The summed E-state index contributed by atoms with van der Waals surface area (Å²) < 4.78 is 1.39. The Morgan fingerprint density at radius 3 is 2.71 bits per heavy atom. The lowest BCUT2D eigenvalue weighted by molar-refractivity contribution is -0.120. The van der Waals surface area contributed by atoms with Gasteiger partial charge in [0, 0.05) is 35.3 Å². The molecule has 0 bridgehead atoms. The molecule has 0 atom stereocenters. The van der Waals surface area contributed by atoms with Crippen molar-refractivity contribution >= 4 is 28.1 Å². The molecule has 0 aliphatic heterocycles. The second kappa shape index (κ2) is 9.44. The predicted octanol–water partition coefficient (Wildman–Crippen LogP) is 4.18. The maximum atomic E-state index is 12.5. The van der Waals surface area contributed by atoms with Crippen molar-refractivity contribution < 1.29 is 4.79 Å². The quantitative estimate of drug-likeness (QED) is 0.374. The molecule has 3 heterocycles. The van der Waals surface area contributed by atoms with Crippen molar-refractivity contribution in [2.45, 2.75) is 19.9 Å². The lowest BCUT2D eigenvalue weighted by atomic mass is 10.1. The van der Waals surface area contributed by atoms with Crippen LogP contribution in [0.4, 0.5) is 0 Å². The summed E-state index contributed by atoms with van der Waals surface area (Å²) in [5.74, 6) is -0.0974. The molecule has 0 spiro atoms. The number of nitrogens with one attached hydrogen (secondary N) is 2. The molecule has 5 aromatic rings. The molecule has 0 unspecified atom stereocenters. The van der Waals surface area contributed by atoms with E-state index in [0.717, 1.165) is 37.6 Å². The number of aryl methyl sites for hydroxylation is 1. The molecule has 0 aliphatic rings. The van der Waals surface area contributed by atoms with E-state index >= 15 is 0 Å². The molecule has 7 nitrogen and oxygen atoms in total. The summed E-state index contributed by atoms with van der Waals surface area (Å²) in [5.41, 5.74) is 4.36. The second-order valence-electron chi connectivity index (χ2n) is 7.97. The highest BCUT2D eigenvalue weighted by molar-refractivity contribution is 7.18. The Morgan fingerprint density at radius 1 is 1.06 bits per heavy atom. The molecule has 0 radical (unpaired) electrons. The van der Waals surface area contributed by atoms with Gasteiger partial charge in [0.15, 0.2) is 0 Å². The van der Waals surface area contributed by atoms with Crippen LogP contribution < -0.4 is 10.9 Å². The van der Waals surface area contributed by atoms with E-state index in [9.17, 15) is 9.59 Å². The number of fused-ring (bicyclic) bond motifs is 1. The first kappa shape index (κ1) is 21.8. The Balaban J connectivity index is 1.26. The van der Waals surface area contributed by atoms with Crippen LogP contribution in [0.15, 0.2) is 77.7 Å². The first-order valence-corrected chi connectivity index (χ1v) is 11.8. The van der Waals surface area contributed by atoms with E-state index in [0.29, 0.717) is 12.2 Å². The van der Waals surface area contributed by atoms with Gasteiger partial charge in [0.25, 0.3) is 5.56 Å². The van der Waals surface area contributed by atoms with E-state index in [-0.39, 0.29) is 24.4 Å². The van der Waals surface area contributed by atoms with Gasteiger partial charge in [-0.05, 0) is 24.6 Å². The highest BCUT2D eigenvalue weighted by atomic mass is 32.1. The third kappa shape index (κ3) is 4.53. The fourth-order valence-electron chi connectivity index (χ4n) is 3.88. The zero-order valence-corrected chi connectivity index (χ0v) is 19.4. The summed E-state index contributed by atoms with van der Waals surface area (Å²) in [4.78, 5) is 33.6. The molecular formula is C26H23N5O2S. The van der Waals surface area contributed by atoms with Crippen LogP contribution in [0.2, 0.25) is 0 Å². The van der Waals surface area contributed by atoms with Gasteiger partial charge in [-0.25, -0.2) is 9.67 Å². The van der Waals surface area contributed by atoms with Crippen molar-refractivity contribution in [3.63, 3.8) is 0 Å². The SMILES string of the molecule is Cc1nc(-c2ccccc2)sc1-c1ccc(=O)n(CCNC(=O)Cc2c[nH]c3ccccc23)n1. The van der Waals surface area contributed by atoms with Crippen molar-refractivity contribution in [1.29, 1.82) is 0 Å². The number of hydrogen-bond acceptors (Lipinski definition) is 5. The first-order chi connectivity index (χ1) is 16.6. The summed E-state index contributed by atoms with van der Waals surface area (Å²) >= 11 is 1.55. The number of thiazole rings is 1. The van der Waals surface area contributed by atoms with Gasteiger partial charge in [0.1, 0.15) is 10.7 Å². The Morgan fingerprint density at radius 2 is 1.85 bits per heavy atom. The van der Waals surface area contributed by atoms with E-state index in [2.05, 4.69) is 20.4 Å². The largest absolute Gasteiger partial charge is 0.361 e. The Bertz CT molecular complexity index is 1520. The summed E-state index contributed by atoms with van der Waals surface area (Å²) in [6.45, 7) is 2.55. The molecule has 2 aromatic carbocycles. The third-order valence-corrected chi connectivity index (χ3v) is 6.82. The number of benzene rings is 2. The maximum absolute atomic E-state index is 12.5. The number of aromatic amines is 1. The average molecular weight is 470 g/mol. The summed E-state index contributed by atoms with van der Waals surface area (Å²) in [7, 11) is 0. The number of rotatable bonds is 7. The van der Waals surface area contributed by atoms with Crippen molar-refractivity contribution in [1.82, 2.24) is 25.1 Å². The molecular weight excluding hydrogens is 446 g/mol. The van der Waals surface area contributed by atoms with Crippen LogP contribution in [-0.2, 0) is 17.8 Å². The van der Waals surface area contributed by atoms with Crippen LogP contribution in [0, 0.1) is 6.92 Å². The molecule has 170 valence electrons. The van der Waals surface area contributed by atoms with Gasteiger partial charge < -0.3 is 10.3 Å². The normalized spacial score (nSPS) is 11.1. The van der Waals surface area contributed by atoms with E-state index < -0.39 is 0 Å². The molecule has 8 heteroatoms. The lowest BCUT2D eigenvalue weighted by Gasteiger charge is -2.08. The molecule has 2 N–H and O–H groups in total. The number of carbonyl (C=O) groups is 1. The molecule has 1 amide bonds. The van der Waals surface area contributed by atoms with E-state index in [4.69, 9.17) is 0 Å². The summed E-state index contributed by atoms with van der Waals surface area (Å²) in [5, 5.41) is 9.39. The van der Waals surface area contributed by atoms with Crippen LogP contribution in [0.5, 0.6) is 0 Å². The van der Waals surface area contributed by atoms with E-state index in [1.165, 1.54) is 10.7 Å². The molecule has 0 fully saturated rings. The molecule has 0 saturated heterocycles. The zero-order valence-electron chi connectivity index (χ0n) is 18.6. The minimum absolute atomic E-state index is 0.0974. The number of hydrogen-bond donors (Lipinski definition) is 2. The van der Waals surface area contributed by atoms with Gasteiger partial charge in [-0.15, -0.1) is 11.3 Å². The van der Waals surface area contributed by atoms with Gasteiger partial charge >= 0.3 is 0 Å². The van der Waals surface area contributed by atoms with Crippen molar-refractivity contribution in [3.05, 3.63) is 94.5 Å². The maximum Gasteiger partial charge on any atom is 0.266 e. The standard InChI is InChI=1S/C26H23N5O2S/c1-17-25(34-26(29-17)18-7-3-2-4-8-18)22-11-12-24(33)31(30-22)14-13-27-23(32)15-19-16-28-21-10-6-5-9-20(19)21/h2-12,16,28H,13-15H2,1H3,(H,27,32). The molecule has 5 rings (SSSR count). The number of amides is 1. The van der Waals surface area contributed by atoms with Gasteiger partial charge in [-0.2, -0.15) is 5.10 Å². The van der Waals surface area contributed by atoms with Gasteiger partial charge in [0.05, 0.1) is 23.5 Å². The van der Waals surface area contributed by atoms with Crippen LogP contribution in [0.1, 0.15) is 11.3 Å². The first-order valence-electron chi connectivity index (χ1n) is 11.0. The Kier molecular flexibility index (Phi) is 6.05. The smallest absolute Gasteiger partial charge is 0.266 e. The van der Waals surface area contributed by atoms with Gasteiger partial charge in [-0.1, -0.05) is 48.5 Å². The van der Waals surface area contributed by atoms with Crippen molar-refractivity contribution in [3.8, 4) is 21.1 Å². The zero-order chi connectivity index (χ0) is 23.5. The second-order valence-corrected chi connectivity index (χ2v) is 8.96. The van der Waals surface area contributed by atoms with Crippen molar-refractivity contribution in [2.75, 3.05) is 6.54 Å². The number of aromatic nitrogens is 4. The predicted molar refractivity (Wildman–Crippen MR) is 135 cm³/mol. The summed E-state index contributed by atoms with van der Waals surface area (Å²) in [6, 6.07) is 21.1. The number of H-pyrrole nitrogens is 1. The fourth-order valence-corrected chi connectivity index (χ4v) is 4.92. The molecule has 3 aromatic heterocycles. The average Bonchev–Trinajstić information content (AvgIpc) is 3.44. The van der Waals surface area contributed by atoms with Gasteiger partial charge in [-0.3, -0.25) is 9.59 Å². The minimum atomic E-state index is -0.208. The van der Waals surface area contributed by atoms with Crippen LogP contribution in [0.25, 0.3) is 32.0 Å². The lowest BCUT2D eigenvalue weighted by Crippen LogP contribution is -2.32. The van der Waals surface area contributed by atoms with Crippen LogP contribution in [-0.4, -0.2) is 32.2 Å². The highest BCUT2D eigenvalue weighted by Gasteiger charge is 2.14. The number of nitrogens with zero attached hydrogens (tertiary/aromatic N) is 3. The van der Waals surface area contributed by atoms with E-state index in [1.54, 1.807) is 17.4 Å². The van der Waals surface area contributed by atoms with Crippen LogP contribution in [0.3, 0.4) is 0 Å². The monoisotopic (exact) mass is 469 g/mol. The Hall–Kier alpha value is -4.04. The molecule has 0 saturated carbocycles. The van der Waals surface area contributed by atoms with E-state index in [1.807, 2.05) is 67.7 Å². The Labute approximate surface area is 200 Å². The minimum Gasteiger partial charge on any atom is -0.361 e. The third-order valence-electron chi connectivity index (χ3n) is 5.59. The topological polar surface area (TPSA) is 92.7 Å². The van der Waals surface area contributed by atoms with Crippen molar-refractivity contribution in [2.24, 2.45) is 0 Å². The highest BCUT2D eigenvalue weighted by Crippen LogP contribution is 2.33. The number of para-hydroxylation sites is 1. The van der Waals surface area contributed by atoms with Crippen LogP contribution >= 0.6 is 11.3 Å². The summed E-state index contributed by atoms with van der Waals surface area (Å²) in [6.07, 6.45) is 2.13. The molecule has 0 aliphatic carbocycles. The molecule has 34 heavy (non-hydrogen) atoms. The number of carbonyl (C=O) groups excluding carboxylic acids is 1. The fraction of sp³-hybridized carbons (Fsp3) is 0.154. The van der Waals surface area contributed by atoms with Gasteiger partial charge in [0.2, 0.25) is 5.91 Å².